The molecule has 0 bridgehead atoms. The highest BCUT2D eigenvalue weighted by molar-refractivity contribution is 5.46. The Kier molecular flexibility index (Phi) is 4.20. The molecule has 4 atom stereocenters. The maximum atomic E-state index is 14.6. The number of hydrogen-bond donors (Lipinski definition) is 0. The van der Waals surface area contributed by atoms with Crippen molar-refractivity contribution in [3.63, 3.8) is 0 Å². The number of hydrogen-bond acceptors (Lipinski definition) is 2. The van der Waals surface area contributed by atoms with Crippen LogP contribution in [0.5, 0.6) is 0 Å². The zero-order valence-electron chi connectivity index (χ0n) is 17.2. The number of aryl methyl sites for hydroxylation is 1. The number of aromatic nitrogens is 4. The molecule has 0 N–H and O–H groups in total. The molecule has 4 unspecified atom stereocenters. The van der Waals surface area contributed by atoms with Crippen molar-refractivity contribution in [1.82, 2.24) is 19.3 Å². The standard InChI is InChI=1S/C21H25F5N4/c1-10(2)29-9-27-15-5-4-12(7-16(15)29)6-11(3)30-19(21(24,25)26)17-18(28-30)13-8-14(13)20(17,22)23/h9-14H,4-8H2,1-3H3. The second-order valence-electron chi connectivity index (χ2n) is 9.46. The lowest BCUT2D eigenvalue weighted by atomic mass is 9.85. The third-order valence-corrected chi connectivity index (χ3v) is 7.05. The van der Waals surface area contributed by atoms with Gasteiger partial charge in [-0.2, -0.15) is 18.3 Å². The molecule has 1 saturated carbocycles. The number of fused-ring (bicyclic) bond motifs is 4. The highest BCUT2D eigenvalue weighted by Gasteiger charge is 2.68. The highest BCUT2D eigenvalue weighted by atomic mass is 19.4. The summed E-state index contributed by atoms with van der Waals surface area (Å²) in [7, 11) is 0. The van der Waals surface area contributed by atoms with Crippen LogP contribution >= 0.6 is 0 Å². The average molecular weight is 428 g/mol. The minimum atomic E-state index is -4.86. The molecule has 0 aliphatic heterocycles. The van der Waals surface area contributed by atoms with Crippen LogP contribution in [0.25, 0.3) is 0 Å². The number of rotatable bonds is 4. The lowest BCUT2D eigenvalue weighted by Gasteiger charge is -2.28. The summed E-state index contributed by atoms with van der Waals surface area (Å²) in [6.07, 6.45) is 0.0200. The third-order valence-electron chi connectivity index (χ3n) is 7.05. The lowest BCUT2D eigenvalue weighted by Crippen LogP contribution is -2.26. The minimum Gasteiger partial charge on any atom is -0.332 e. The van der Waals surface area contributed by atoms with Gasteiger partial charge in [-0.25, -0.2) is 13.8 Å². The van der Waals surface area contributed by atoms with Crippen molar-refractivity contribution in [3.8, 4) is 0 Å². The van der Waals surface area contributed by atoms with E-state index in [4.69, 9.17) is 0 Å². The van der Waals surface area contributed by atoms with Crippen molar-refractivity contribution in [3.05, 3.63) is 34.7 Å². The summed E-state index contributed by atoms with van der Waals surface area (Å²) in [5.41, 5.74) is 0.0479. The summed E-state index contributed by atoms with van der Waals surface area (Å²) in [6, 6.07) is -0.348. The van der Waals surface area contributed by atoms with E-state index in [-0.39, 0.29) is 24.1 Å². The van der Waals surface area contributed by atoms with Crippen molar-refractivity contribution in [2.24, 2.45) is 11.8 Å². The predicted octanol–water partition coefficient (Wildman–Crippen LogP) is 5.64. The normalized spacial score (nSPS) is 27.7. The fraction of sp³-hybridized carbons (Fsp3) is 0.714. The molecule has 2 heterocycles. The highest BCUT2D eigenvalue weighted by Crippen LogP contribution is 2.68. The van der Waals surface area contributed by atoms with Gasteiger partial charge in [0.2, 0.25) is 0 Å². The fourth-order valence-electron chi connectivity index (χ4n) is 5.52. The van der Waals surface area contributed by atoms with E-state index in [9.17, 15) is 22.0 Å². The first-order chi connectivity index (χ1) is 14.0. The van der Waals surface area contributed by atoms with Crippen LogP contribution in [-0.2, 0) is 24.9 Å². The van der Waals surface area contributed by atoms with Crippen LogP contribution < -0.4 is 0 Å². The van der Waals surface area contributed by atoms with Gasteiger partial charge in [-0.05, 0) is 58.8 Å². The Bertz CT molecular complexity index is 986. The Balaban J connectivity index is 1.43. The van der Waals surface area contributed by atoms with Crippen molar-refractivity contribution >= 4 is 0 Å². The Morgan fingerprint density at radius 2 is 1.97 bits per heavy atom. The first kappa shape index (κ1) is 20.0. The van der Waals surface area contributed by atoms with Gasteiger partial charge in [0.1, 0.15) is 0 Å². The van der Waals surface area contributed by atoms with Crippen molar-refractivity contribution in [1.29, 1.82) is 0 Å². The molecule has 0 amide bonds. The van der Waals surface area contributed by atoms with Gasteiger partial charge in [0.15, 0.2) is 5.69 Å². The first-order valence-electron chi connectivity index (χ1n) is 10.6. The molecule has 0 radical (unpaired) electrons. The van der Waals surface area contributed by atoms with Crippen LogP contribution in [0.4, 0.5) is 22.0 Å². The minimum absolute atomic E-state index is 0.0343. The zero-order valence-corrected chi connectivity index (χ0v) is 17.2. The van der Waals surface area contributed by atoms with E-state index in [0.717, 1.165) is 35.3 Å². The molecule has 3 aliphatic rings. The quantitative estimate of drug-likeness (QED) is 0.591. The number of alkyl halides is 5. The summed E-state index contributed by atoms with van der Waals surface area (Å²) in [5.74, 6) is -4.81. The maximum Gasteiger partial charge on any atom is 0.433 e. The van der Waals surface area contributed by atoms with Crippen molar-refractivity contribution < 1.29 is 22.0 Å². The van der Waals surface area contributed by atoms with E-state index in [2.05, 4.69) is 28.5 Å². The number of halogens is 5. The van der Waals surface area contributed by atoms with Gasteiger partial charge in [0.25, 0.3) is 5.92 Å². The van der Waals surface area contributed by atoms with E-state index in [1.165, 1.54) is 0 Å². The Morgan fingerprint density at radius 1 is 1.23 bits per heavy atom. The van der Waals surface area contributed by atoms with Gasteiger partial charge in [-0.15, -0.1) is 0 Å². The molecule has 4 nitrogen and oxygen atoms in total. The topological polar surface area (TPSA) is 35.6 Å². The molecule has 30 heavy (non-hydrogen) atoms. The van der Waals surface area contributed by atoms with Crippen LogP contribution in [0.1, 0.15) is 86.4 Å². The molecule has 1 fully saturated rings. The summed E-state index contributed by atoms with van der Waals surface area (Å²) >= 11 is 0. The van der Waals surface area contributed by atoms with Crippen molar-refractivity contribution in [2.75, 3.05) is 0 Å². The third kappa shape index (κ3) is 2.83. The van der Waals surface area contributed by atoms with E-state index in [1.54, 1.807) is 6.92 Å². The molecule has 0 saturated heterocycles. The molecule has 2 aromatic rings. The molecule has 3 aliphatic carbocycles. The summed E-state index contributed by atoms with van der Waals surface area (Å²) in [4.78, 5) is 4.47. The maximum absolute atomic E-state index is 14.6. The Hall–Kier alpha value is -1.93. The predicted molar refractivity (Wildman–Crippen MR) is 99.4 cm³/mol. The van der Waals surface area contributed by atoms with E-state index in [0.29, 0.717) is 6.42 Å². The SMILES string of the molecule is CC(C)n1cnc2c1CC(CC(C)n1nc3c(c1C(F)(F)F)C(F)(F)C1CC31)CC2. The lowest BCUT2D eigenvalue weighted by molar-refractivity contribution is -0.149. The fourth-order valence-corrected chi connectivity index (χ4v) is 5.52. The van der Waals surface area contributed by atoms with Gasteiger partial charge in [-0.1, -0.05) is 0 Å². The molecular weight excluding hydrogens is 403 g/mol. The van der Waals surface area contributed by atoms with Gasteiger partial charge in [0.05, 0.1) is 29.3 Å². The summed E-state index contributed by atoms with van der Waals surface area (Å²) in [6.45, 7) is 5.80. The van der Waals surface area contributed by atoms with Gasteiger partial charge >= 0.3 is 6.18 Å². The van der Waals surface area contributed by atoms with E-state index in [1.807, 2.05) is 6.33 Å². The number of imidazole rings is 1. The van der Waals surface area contributed by atoms with Crippen LogP contribution in [0.2, 0.25) is 0 Å². The van der Waals surface area contributed by atoms with Crippen LogP contribution in [0.15, 0.2) is 6.33 Å². The van der Waals surface area contributed by atoms with Crippen LogP contribution in [0.3, 0.4) is 0 Å². The molecule has 0 aromatic carbocycles. The molecular formula is C21H25F5N4. The Labute approximate surface area is 171 Å². The second-order valence-corrected chi connectivity index (χ2v) is 9.46. The molecule has 9 heteroatoms. The second kappa shape index (κ2) is 6.29. The smallest absolute Gasteiger partial charge is 0.332 e. The summed E-state index contributed by atoms with van der Waals surface area (Å²) < 4.78 is 73.7. The summed E-state index contributed by atoms with van der Waals surface area (Å²) in [5, 5.41) is 4.12. The van der Waals surface area contributed by atoms with Gasteiger partial charge in [-0.3, -0.25) is 4.68 Å². The molecule has 5 rings (SSSR count). The van der Waals surface area contributed by atoms with Crippen LogP contribution in [0, 0.1) is 11.8 Å². The molecule has 0 spiro atoms. The van der Waals surface area contributed by atoms with Gasteiger partial charge < -0.3 is 4.57 Å². The van der Waals surface area contributed by atoms with Crippen molar-refractivity contribution in [2.45, 2.75) is 83.0 Å². The van der Waals surface area contributed by atoms with E-state index < -0.39 is 41.2 Å². The average Bonchev–Trinajstić information content (AvgIpc) is 3.08. The molecule has 2 aromatic heterocycles. The number of nitrogens with zero attached hydrogens (tertiary/aromatic N) is 4. The van der Waals surface area contributed by atoms with Crippen LogP contribution in [-0.4, -0.2) is 19.3 Å². The zero-order chi connectivity index (χ0) is 21.6. The first-order valence-corrected chi connectivity index (χ1v) is 10.6. The largest absolute Gasteiger partial charge is 0.433 e. The molecule has 164 valence electrons. The van der Waals surface area contributed by atoms with Gasteiger partial charge in [0, 0.05) is 23.6 Å². The van der Waals surface area contributed by atoms with E-state index >= 15 is 0 Å². The Morgan fingerprint density at radius 3 is 2.63 bits per heavy atom. The monoisotopic (exact) mass is 428 g/mol.